The van der Waals surface area contributed by atoms with Crippen molar-refractivity contribution in [3.63, 3.8) is 0 Å². The average Bonchev–Trinajstić information content (AvgIpc) is 3.17. The zero-order valence-corrected chi connectivity index (χ0v) is 26.4. The maximum Gasteiger partial charge on any atom is 0.0787 e. The molecule has 48 heavy (non-hydrogen) atoms. The third kappa shape index (κ3) is 4.88. The Bertz CT molecular complexity index is 2530. The Morgan fingerprint density at radius 2 is 1.06 bits per heavy atom. The number of hydrogen-bond donors (Lipinski definition) is 0. The van der Waals surface area contributed by atoms with Crippen molar-refractivity contribution in [2.24, 2.45) is 0 Å². The van der Waals surface area contributed by atoms with Crippen LogP contribution in [0.15, 0.2) is 152 Å². The molecule has 0 aliphatic heterocycles. The minimum atomic E-state index is 0.886. The van der Waals surface area contributed by atoms with Crippen molar-refractivity contribution in [3.8, 4) is 56.3 Å². The third-order valence-electron chi connectivity index (χ3n) is 9.51. The van der Waals surface area contributed by atoms with Crippen LogP contribution < -0.4 is 0 Å². The van der Waals surface area contributed by atoms with Crippen LogP contribution in [0, 0.1) is 0 Å². The van der Waals surface area contributed by atoms with E-state index in [9.17, 15) is 0 Å². The summed E-state index contributed by atoms with van der Waals surface area (Å²) in [6.45, 7) is 4.07. The van der Waals surface area contributed by atoms with E-state index in [4.69, 9.17) is 15.0 Å². The normalized spacial score (nSPS) is 12.1. The summed E-state index contributed by atoms with van der Waals surface area (Å²) in [5.74, 6) is 0. The topological polar surface area (TPSA) is 38.7 Å². The van der Waals surface area contributed by atoms with E-state index in [0.717, 1.165) is 85.4 Å². The van der Waals surface area contributed by atoms with Gasteiger partial charge in [0.1, 0.15) is 0 Å². The zero-order valence-electron chi connectivity index (χ0n) is 26.4. The maximum atomic E-state index is 5.32. The molecule has 8 aromatic rings. The van der Waals surface area contributed by atoms with E-state index in [1.807, 2.05) is 24.3 Å². The number of nitrogens with zero attached hydrogens (tertiary/aromatic N) is 3. The molecule has 0 amide bonds. The Kier molecular flexibility index (Phi) is 6.76. The van der Waals surface area contributed by atoms with E-state index in [-0.39, 0.29) is 0 Å². The Morgan fingerprint density at radius 3 is 1.88 bits per heavy atom. The van der Waals surface area contributed by atoms with Crippen LogP contribution in [-0.4, -0.2) is 15.0 Å². The molecule has 0 fully saturated rings. The lowest BCUT2D eigenvalue weighted by molar-refractivity contribution is 0.928. The highest BCUT2D eigenvalue weighted by atomic mass is 14.7. The van der Waals surface area contributed by atoms with Gasteiger partial charge in [-0.05, 0) is 65.8 Å². The molecule has 3 heterocycles. The van der Waals surface area contributed by atoms with E-state index in [2.05, 4.69) is 134 Å². The first-order valence-electron chi connectivity index (χ1n) is 16.4. The highest BCUT2D eigenvalue weighted by Gasteiger charge is 2.19. The molecule has 3 heteroatoms. The second-order valence-electron chi connectivity index (χ2n) is 12.4. The molecule has 1 aliphatic rings. The molecule has 3 aromatic heterocycles. The molecule has 0 saturated carbocycles. The van der Waals surface area contributed by atoms with Gasteiger partial charge in [0, 0.05) is 44.2 Å². The average molecular weight is 614 g/mol. The molecule has 0 bridgehead atoms. The molecular formula is C45H31N3. The van der Waals surface area contributed by atoms with Crippen molar-refractivity contribution in [3.05, 3.63) is 169 Å². The van der Waals surface area contributed by atoms with Crippen molar-refractivity contribution in [1.82, 2.24) is 15.0 Å². The monoisotopic (exact) mass is 613 g/mol. The summed E-state index contributed by atoms with van der Waals surface area (Å²) in [5.41, 5.74) is 14.7. The molecule has 0 unspecified atom stereocenters. The van der Waals surface area contributed by atoms with Crippen LogP contribution in [-0.2, 0) is 12.8 Å². The van der Waals surface area contributed by atoms with Crippen LogP contribution in [0.4, 0.5) is 0 Å². The lowest BCUT2D eigenvalue weighted by Crippen LogP contribution is -2.06. The lowest BCUT2D eigenvalue weighted by Gasteiger charge is -2.20. The summed E-state index contributed by atoms with van der Waals surface area (Å²) < 4.78 is 0. The molecule has 9 rings (SSSR count). The van der Waals surface area contributed by atoms with Crippen molar-refractivity contribution in [2.75, 3.05) is 0 Å². The predicted molar refractivity (Wildman–Crippen MR) is 200 cm³/mol. The van der Waals surface area contributed by atoms with E-state index in [0.29, 0.717) is 0 Å². The highest BCUT2D eigenvalue weighted by molar-refractivity contribution is 6.05. The van der Waals surface area contributed by atoms with Gasteiger partial charge in [0.15, 0.2) is 0 Å². The third-order valence-corrected chi connectivity index (χ3v) is 9.51. The first-order chi connectivity index (χ1) is 23.7. The van der Waals surface area contributed by atoms with Crippen LogP contribution in [0.3, 0.4) is 0 Å². The van der Waals surface area contributed by atoms with E-state index in [1.165, 1.54) is 22.1 Å². The summed E-state index contributed by atoms with van der Waals surface area (Å²) >= 11 is 0. The van der Waals surface area contributed by atoms with E-state index >= 15 is 0 Å². The summed E-state index contributed by atoms with van der Waals surface area (Å²) in [6, 6.07) is 51.3. The maximum absolute atomic E-state index is 5.32. The first kappa shape index (κ1) is 28.1. The Hall–Kier alpha value is -6.19. The highest BCUT2D eigenvalue weighted by Crippen LogP contribution is 2.37. The van der Waals surface area contributed by atoms with E-state index in [1.54, 1.807) is 0 Å². The van der Waals surface area contributed by atoms with Gasteiger partial charge in [-0.2, -0.15) is 0 Å². The smallest absolute Gasteiger partial charge is 0.0787 e. The van der Waals surface area contributed by atoms with Crippen LogP contribution in [0.5, 0.6) is 0 Å². The van der Waals surface area contributed by atoms with Crippen molar-refractivity contribution >= 4 is 27.8 Å². The van der Waals surface area contributed by atoms with Gasteiger partial charge >= 0.3 is 0 Å². The largest absolute Gasteiger partial charge is 0.247 e. The number of benzene rings is 5. The van der Waals surface area contributed by atoms with Gasteiger partial charge in [-0.1, -0.05) is 122 Å². The minimum Gasteiger partial charge on any atom is -0.247 e. The Balaban J connectivity index is 1.26. The second-order valence-corrected chi connectivity index (χ2v) is 12.4. The van der Waals surface area contributed by atoms with Gasteiger partial charge in [-0.15, -0.1) is 0 Å². The summed E-state index contributed by atoms with van der Waals surface area (Å²) in [5, 5.41) is 3.46. The second kappa shape index (κ2) is 11.6. The standard InChI is InChI=1S/C45H31N3/c1-2-29-20-23-40(46-43(29)32-12-4-3-5-13-32)35-26-36(41-24-21-33-18-16-30-10-6-8-14-38(30)44(33)47-41)28-37(27-35)42-25-22-34-19-17-31-11-7-9-15-39(31)45(34)48-42/h2-16,18,20-28H,1,17,19H2. The number of pyridine rings is 3. The fourth-order valence-corrected chi connectivity index (χ4v) is 7.03. The van der Waals surface area contributed by atoms with Crippen molar-refractivity contribution < 1.29 is 0 Å². The molecule has 0 radical (unpaired) electrons. The summed E-state index contributed by atoms with van der Waals surface area (Å²) in [7, 11) is 0. The van der Waals surface area contributed by atoms with E-state index < -0.39 is 0 Å². The SMILES string of the molecule is C=Cc1ccc(-c2cc(-c3ccc4c(n3)-c3ccccc3CC4)cc(-c3ccc4ccc5ccccc5c4n3)c2)nc1-c1ccccc1. The van der Waals surface area contributed by atoms with Crippen LogP contribution in [0.25, 0.3) is 84.0 Å². The van der Waals surface area contributed by atoms with Gasteiger partial charge in [-0.25, -0.2) is 15.0 Å². The van der Waals surface area contributed by atoms with Gasteiger partial charge in [0.05, 0.1) is 34.0 Å². The Labute approximate surface area is 280 Å². The number of aromatic nitrogens is 3. The van der Waals surface area contributed by atoms with Crippen molar-refractivity contribution in [1.29, 1.82) is 0 Å². The molecule has 1 aliphatic carbocycles. The van der Waals surface area contributed by atoms with Crippen LogP contribution in [0.1, 0.15) is 16.7 Å². The zero-order chi connectivity index (χ0) is 32.0. The molecular weight excluding hydrogens is 583 g/mol. The number of hydrogen-bond acceptors (Lipinski definition) is 3. The molecule has 0 saturated heterocycles. The molecule has 5 aromatic carbocycles. The minimum absolute atomic E-state index is 0.886. The summed E-state index contributed by atoms with van der Waals surface area (Å²) in [4.78, 5) is 15.8. The van der Waals surface area contributed by atoms with Crippen molar-refractivity contribution in [2.45, 2.75) is 12.8 Å². The molecule has 0 spiro atoms. The number of fused-ring (bicyclic) bond motifs is 6. The van der Waals surface area contributed by atoms with Gasteiger partial charge in [-0.3, -0.25) is 0 Å². The van der Waals surface area contributed by atoms with Crippen LogP contribution in [0.2, 0.25) is 0 Å². The fraction of sp³-hybridized carbons (Fsp3) is 0.0444. The molecule has 0 atom stereocenters. The number of rotatable bonds is 5. The Morgan fingerprint density at radius 1 is 0.458 bits per heavy atom. The van der Waals surface area contributed by atoms with Gasteiger partial charge in [0.25, 0.3) is 0 Å². The number of aryl methyl sites for hydroxylation is 2. The lowest BCUT2D eigenvalue weighted by atomic mass is 9.88. The fourth-order valence-electron chi connectivity index (χ4n) is 7.03. The van der Waals surface area contributed by atoms with Gasteiger partial charge < -0.3 is 0 Å². The molecule has 3 nitrogen and oxygen atoms in total. The quantitative estimate of drug-likeness (QED) is 0.181. The van der Waals surface area contributed by atoms with Crippen LogP contribution >= 0.6 is 0 Å². The van der Waals surface area contributed by atoms with Gasteiger partial charge in [0.2, 0.25) is 0 Å². The predicted octanol–water partition coefficient (Wildman–Crippen LogP) is 11.3. The first-order valence-corrected chi connectivity index (χ1v) is 16.4. The molecule has 226 valence electrons. The summed E-state index contributed by atoms with van der Waals surface area (Å²) in [6.07, 6.45) is 3.92. The molecule has 0 N–H and O–H groups in total.